The van der Waals surface area contributed by atoms with Crippen molar-refractivity contribution in [2.24, 2.45) is 46.3 Å². The van der Waals surface area contributed by atoms with Gasteiger partial charge in [0.2, 0.25) is 5.91 Å². The molecule has 0 bridgehead atoms. The second-order valence-corrected chi connectivity index (χ2v) is 14.5. The number of hydrogen-bond acceptors (Lipinski definition) is 3. The van der Waals surface area contributed by atoms with Crippen LogP contribution < -0.4 is 4.90 Å². The fraction of sp³-hybridized carbons (Fsp3) is 0.788. The zero-order chi connectivity index (χ0) is 27.0. The zero-order valence-corrected chi connectivity index (χ0v) is 23.9. The number of amides is 1. The van der Waals surface area contributed by atoms with Gasteiger partial charge in [-0.05, 0) is 135 Å². The van der Waals surface area contributed by atoms with Crippen molar-refractivity contribution in [3.05, 3.63) is 29.1 Å². The number of benzene rings is 1. The number of fused-ring (bicyclic) bond motifs is 6. The number of carbonyl (C=O) groups is 1. The minimum absolute atomic E-state index is 0.128. The third-order valence-electron chi connectivity index (χ3n) is 12.8. The maximum Gasteiger partial charge on any atom is 0.227 e. The van der Waals surface area contributed by atoms with Crippen molar-refractivity contribution in [1.29, 1.82) is 0 Å². The van der Waals surface area contributed by atoms with Crippen LogP contribution in [0.5, 0.6) is 0 Å². The van der Waals surface area contributed by atoms with E-state index in [4.69, 9.17) is 0 Å². The first-order valence-electron chi connectivity index (χ1n) is 15.5. The Morgan fingerprint density at radius 2 is 1.82 bits per heavy atom. The lowest BCUT2D eigenvalue weighted by Crippen LogP contribution is -2.58. The number of carbonyl (C=O) groups excluding carboxylic acids is 1. The van der Waals surface area contributed by atoms with Gasteiger partial charge in [-0.25, -0.2) is 4.39 Å². The van der Waals surface area contributed by atoms with Crippen LogP contribution >= 0.6 is 0 Å². The summed E-state index contributed by atoms with van der Waals surface area (Å²) >= 11 is 0. The highest BCUT2D eigenvalue weighted by molar-refractivity contribution is 5.95. The van der Waals surface area contributed by atoms with E-state index in [0.717, 1.165) is 49.8 Å². The molecule has 4 fully saturated rings. The number of nitrogens with zero attached hydrogens (tertiary/aromatic N) is 1. The Bertz CT molecular complexity index is 1090. The van der Waals surface area contributed by atoms with Crippen molar-refractivity contribution < 1.29 is 19.4 Å². The van der Waals surface area contributed by atoms with Gasteiger partial charge in [0, 0.05) is 18.7 Å². The summed E-state index contributed by atoms with van der Waals surface area (Å²) in [6.45, 7) is 9.76. The molecule has 1 aromatic rings. The Hall–Kier alpha value is -1.46. The quantitative estimate of drug-likeness (QED) is 0.476. The van der Waals surface area contributed by atoms with Crippen molar-refractivity contribution >= 4 is 11.6 Å². The molecule has 5 heteroatoms. The number of aliphatic hydroxyl groups excluding tert-OH is 2. The lowest BCUT2D eigenvalue weighted by molar-refractivity contribution is -0.174. The van der Waals surface area contributed by atoms with Gasteiger partial charge >= 0.3 is 0 Å². The predicted octanol–water partition coefficient (Wildman–Crippen LogP) is 6.43. The molecular weight excluding hydrogens is 477 g/mol. The molecule has 0 spiro atoms. The molecule has 5 aliphatic rings. The third kappa shape index (κ3) is 4.08. The normalized spacial score (nSPS) is 42.7. The van der Waals surface area contributed by atoms with E-state index in [2.05, 4.69) is 20.8 Å². The van der Waals surface area contributed by atoms with Gasteiger partial charge in [0.15, 0.2) is 0 Å². The van der Waals surface area contributed by atoms with Crippen molar-refractivity contribution in [2.45, 2.75) is 111 Å². The monoisotopic (exact) mass is 525 g/mol. The minimum atomic E-state index is -0.247. The smallest absolute Gasteiger partial charge is 0.227 e. The predicted molar refractivity (Wildman–Crippen MR) is 148 cm³/mol. The first-order chi connectivity index (χ1) is 18.0. The molecule has 10 atom stereocenters. The van der Waals surface area contributed by atoms with Crippen LogP contribution in [0, 0.1) is 59.1 Å². The lowest BCUT2D eigenvalue weighted by Gasteiger charge is -2.62. The molecule has 0 unspecified atom stereocenters. The third-order valence-corrected chi connectivity index (χ3v) is 12.8. The Morgan fingerprint density at radius 1 is 1.08 bits per heavy atom. The topological polar surface area (TPSA) is 60.8 Å². The minimum Gasteiger partial charge on any atom is -0.393 e. The summed E-state index contributed by atoms with van der Waals surface area (Å²) in [5, 5.41) is 21.8. The highest BCUT2D eigenvalue weighted by Crippen LogP contribution is 2.68. The van der Waals surface area contributed by atoms with E-state index in [0.29, 0.717) is 54.0 Å². The van der Waals surface area contributed by atoms with Crippen LogP contribution in [-0.2, 0) is 11.2 Å². The second-order valence-electron chi connectivity index (χ2n) is 14.5. The average molecular weight is 526 g/mol. The average Bonchev–Trinajstić information content (AvgIpc) is 3.44. The Balaban J connectivity index is 1.13. The Labute approximate surface area is 228 Å². The first kappa shape index (κ1) is 26.7. The molecule has 4 aliphatic carbocycles. The first-order valence-corrected chi connectivity index (χ1v) is 15.5. The lowest BCUT2D eigenvalue weighted by atomic mass is 9.43. The number of hydrogen-bond donors (Lipinski definition) is 2. The van der Waals surface area contributed by atoms with E-state index in [1.807, 2.05) is 11.0 Å². The Kier molecular flexibility index (Phi) is 6.74. The molecule has 2 N–H and O–H groups in total. The van der Waals surface area contributed by atoms with Gasteiger partial charge < -0.3 is 15.1 Å². The molecule has 0 radical (unpaired) electrons. The van der Waals surface area contributed by atoms with Crippen LogP contribution in [0.3, 0.4) is 0 Å². The van der Waals surface area contributed by atoms with Crippen LogP contribution in [0.25, 0.3) is 0 Å². The molecule has 4 saturated carbocycles. The van der Waals surface area contributed by atoms with Gasteiger partial charge in [-0.3, -0.25) is 4.79 Å². The summed E-state index contributed by atoms with van der Waals surface area (Å²) in [4.78, 5) is 15.1. The summed E-state index contributed by atoms with van der Waals surface area (Å²) in [7, 11) is 0. The van der Waals surface area contributed by atoms with Crippen LogP contribution in [0.2, 0.25) is 0 Å². The molecule has 6 rings (SSSR count). The van der Waals surface area contributed by atoms with Crippen molar-refractivity contribution in [1.82, 2.24) is 0 Å². The SMILES string of the molecule is Cc1cc2c(cc1F)N(C(=O)CC[C@@H](C)[C@H]1CC[C@H]3[C@@H]4[C@H](O)C[C@@H]5C[C@H](O)CC[C@]5(C)[C@H]4CC[C@]13C)CC2. The number of halogens is 1. The molecule has 1 aromatic carbocycles. The summed E-state index contributed by atoms with van der Waals surface area (Å²) in [5.74, 6) is 2.88. The van der Waals surface area contributed by atoms with E-state index >= 15 is 0 Å². The molecule has 38 heavy (non-hydrogen) atoms. The highest BCUT2D eigenvalue weighted by Gasteiger charge is 2.62. The molecule has 0 aromatic heterocycles. The molecule has 210 valence electrons. The number of aliphatic hydroxyl groups is 2. The van der Waals surface area contributed by atoms with Gasteiger partial charge in [0.1, 0.15) is 5.82 Å². The van der Waals surface area contributed by atoms with Crippen molar-refractivity contribution in [3.63, 3.8) is 0 Å². The van der Waals surface area contributed by atoms with E-state index in [-0.39, 0.29) is 34.8 Å². The number of anilines is 1. The molecule has 0 saturated heterocycles. The van der Waals surface area contributed by atoms with Gasteiger partial charge in [0.25, 0.3) is 0 Å². The maximum absolute atomic E-state index is 14.2. The summed E-state index contributed by atoms with van der Waals surface area (Å²) in [6.07, 6.45) is 10.3. The molecule has 4 nitrogen and oxygen atoms in total. The molecule has 1 heterocycles. The fourth-order valence-electron chi connectivity index (χ4n) is 10.7. The summed E-state index contributed by atoms with van der Waals surface area (Å²) in [5.41, 5.74) is 2.99. The maximum atomic E-state index is 14.2. The highest BCUT2D eigenvalue weighted by atomic mass is 19.1. The van der Waals surface area contributed by atoms with Gasteiger partial charge in [-0.1, -0.05) is 26.8 Å². The number of aryl methyl sites for hydroxylation is 1. The van der Waals surface area contributed by atoms with E-state index in [1.165, 1.54) is 25.7 Å². The summed E-state index contributed by atoms with van der Waals surface area (Å²) < 4.78 is 14.2. The van der Waals surface area contributed by atoms with Crippen LogP contribution in [-0.4, -0.2) is 34.9 Å². The van der Waals surface area contributed by atoms with Gasteiger partial charge in [-0.2, -0.15) is 0 Å². The van der Waals surface area contributed by atoms with Crippen molar-refractivity contribution in [3.8, 4) is 0 Å². The molecule has 1 aliphatic heterocycles. The molecular formula is C33H48FNO3. The van der Waals surface area contributed by atoms with Gasteiger partial charge in [-0.15, -0.1) is 0 Å². The standard InChI is InChI=1S/C33H48FNO3/c1-19(5-8-30(38)35-14-11-21-15-20(2)27(34)18-28(21)35)24-6-7-25-31-26(10-13-33(24,25)4)32(3)12-9-23(36)16-22(32)17-29(31)37/h15,18-19,22-26,29,31,36-37H,5-14,16-17H2,1-4H3/t19-,22+,23-,24-,25+,26+,29-,31+,32+,33-/m1/s1. The van der Waals surface area contributed by atoms with Crippen LogP contribution in [0.4, 0.5) is 10.1 Å². The van der Waals surface area contributed by atoms with E-state index in [9.17, 15) is 19.4 Å². The summed E-state index contributed by atoms with van der Waals surface area (Å²) in [6, 6.07) is 3.45. The van der Waals surface area contributed by atoms with Crippen LogP contribution in [0.1, 0.15) is 96.1 Å². The van der Waals surface area contributed by atoms with E-state index in [1.54, 1.807) is 13.0 Å². The largest absolute Gasteiger partial charge is 0.393 e. The molecule has 1 amide bonds. The second kappa shape index (κ2) is 9.58. The zero-order valence-electron chi connectivity index (χ0n) is 23.9. The van der Waals surface area contributed by atoms with E-state index < -0.39 is 0 Å². The number of rotatable bonds is 4. The van der Waals surface area contributed by atoms with Crippen LogP contribution in [0.15, 0.2) is 12.1 Å². The fourth-order valence-corrected chi connectivity index (χ4v) is 10.7. The Morgan fingerprint density at radius 3 is 2.61 bits per heavy atom. The van der Waals surface area contributed by atoms with Gasteiger partial charge in [0.05, 0.1) is 12.2 Å². The van der Waals surface area contributed by atoms with Crippen molar-refractivity contribution in [2.75, 3.05) is 11.4 Å².